The van der Waals surface area contributed by atoms with Crippen molar-refractivity contribution in [2.75, 3.05) is 26.7 Å². The zero-order chi connectivity index (χ0) is 13.7. The Morgan fingerprint density at radius 1 is 1.47 bits per heavy atom. The molecule has 104 valence electrons. The number of hydrogen-bond donors (Lipinski definition) is 1. The second kappa shape index (κ2) is 6.57. The van der Waals surface area contributed by atoms with Crippen molar-refractivity contribution in [3.63, 3.8) is 0 Å². The van der Waals surface area contributed by atoms with Crippen molar-refractivity contribution in [1.29, 1.82) is 0 Å². The van der Waals surface area contributed by atoms with Gasteiger partial charge in [-0.2, -0.15) is 0 Å². The molecule has 4 nitrogen and oxygen atoms in total. The molecule has 0 radical (unpaired) electrons. The molecular formula is C15H21NO3. The van der Waals surface area contributed by atoms with Crippen LogP contribution < -0.4 is 4.74 Å². The molecule has 1 aromatic rings. The molecule has 2 rings (SSSR count). The van der Waals surface area contributed by atoms with Crippen LogP contribution in [0.25, 0.3) is 0 Å². The average Bonchev–Trinajstić information content (AvgIpc) is 3.19. The van der Waals surface area contributed by atoms with Gasteiger partial charge in [0.05, 0.1) is 12.2 Å². The van der Waals surface area contributed by atoms with Crippen molar-refractivity contribution in [1.82, 2.24) is 4.90 Å². The Balaban J connectivity index is 1.67. The SMILES string of the molecule is CN(CCCOc1cccc(C(=O)O)c1)CC1CC1. The first-order valence-electron chi connectivity index (χ1n) is 6.80. The number of rotatable bonds is 8. The molecule has 19 heavy (non-hydrogen) atoms. The standard InChI is InChI=1S/C15H21NO3/c1-16(11-12-6-7-12)8-3-9-19-14-5-2-4-13(10-14)15(17)18/h2,4-5,10,12H,3,6-9,11H2,1H3,(H,17,18). The van der Waals surface area contributed by atoms with Crippen molar-refractivity contribution in [2.24, 2.45) is 5.92 Å². The lowest BCUT2D eigenvalue weighted by molar-refractivity contribution is 0.0696. The van der Waals surface area contributed by atoms with Crippen LogP contribution in [0.4, 0.5) is 0 Å². The molecule has 1 N–H and O–H groups in total. The van der Waals surface area contributed by atoms with Crippen molar-refractivity contribution in [2.45, 2.75) is 19.3 Å². The van der Waals surface area contributed by atoms with Gasteiger partial charge >= 0.3 is 5.97 Å². The summed E-state index contributed by atoms with van der Waals surface area (Å²) in [6, 6.07) is 6.63. The number of carbonyl (C=O) groups is 1. The van der Waals surface area contributed by atoms with Crippen LogP contribution in [0.3, 0.4) is 0 Å². The molecule has 1 saturated carbocycles. The molecule has 1 fully saturated rings. The van der Waals surface area contributed by atoms with Crippen LogP contribution in [-0.2, 0) is 0 Å². The minimum Gasteiger partial charge on any atom is -0.494 e. The van der Waals surface area contributed by atoms with Gasteiger partial charge in [0.1, 0.15) is 5.75 Å². The Hall–Kier alpha value is -1.55. The van der Waals surface area contributed by atoms with Crippen LogP contribution in [0.15, 0.2) is 24.3 Å². The van der Waals surface area contributed by atoms with E-state index in [4.69, 9.17) is 9.84 Å². The molecule has 0 unspecified atom stereocenters. The maximum absolute atomic E-state index is 10.8. The van der Waals surface area contributed by atoms with Gasteiger partial charge in [0.15, 0.2) is 0 Å². The lowest BCUT2D eigenvalue weighted by Gasteiger charge is -2.16. The lowest BCUT2D eigenvalue weighted by atomic mass is 10.2. The number of nitrogens with zero attached hydrogens (tertiary/aromatic N) is 1. The van der Waals surface area contributed by atoms with E-state index in [-0.39, 0.29) is 5.56 Å². The Morgan fingerprint density at radius 3 is 2.95 bits per heavy atom. The normalized spacial score (nSPS) is 14.6. The van der Waals surface area contributed by atoms with Gasteiger partial charge in [-0.15, -0.1) is 0 Å². The highest BCUT2D eigenvalue weighted by Gasteiger charge is 2.22. The van der Waals surface area contributed by atoms with Gasteiger partial charge in [0, 0.05) is 13.1 Å². The number of carboxylic acid groups (broad SMARTS) is 1. The van der Waals surface area contributed by atoms with E-state index in [1.807, 2.05) is 0 Å². The topological polar surface area (TPSA) is 49.8 Å². The molecule has 4 heteroatoms. The van der Waals surface area contributed by atoms with Gasteiger partial charge < -0.3 is 14.7 Å². The van der Waals surface area contributed by atoms with Crippen molar-refractivity contribution in [3.8, 4) is 5.75 Å². The van der Waals surface area contributed by atoms with Crippen LogP contribution in [-0.4, -0.2) is 42.7 Å². The molecule has 0 spiro atoms. The summed E-state index contributed by atoms with van der Waals surface area (Å²) in [7, 11) is 2.14. The fourth-order valence-electron chi connectivity index (χ4n) is 2.08. The molecule has 0 aromatic heterocycles. The number of hydrogen-bond acceptors (Lipinski definition) is 3. The van der Waals surface area contributed by atoms with E-state index in [1.165, 1.54) is 19.4 Å². The van der Waals surface area contributed by atoms with E-state index in [2.05, 4.69) is 11.9 Å². The summed E-state index contributed by atoms with van der Waals surface area (Å²) in [6.07, 6.45) is 3.71. The third-order valence-electron chi connectivity index (χ3n) is 3.30. The number of ether oxygens (including phenoxy) is 1. The first-order chi connectivity index (χ1) is 9.15. The van der Waals surface area contributed by atoms with Crippen LogP contribution in [0.5, 0.6) is 5.75 Å². The van der Waals surface area contributed by atoms with Crippen LogP contribution in [0.2, 0.25) is 0 Å². The first kappa shape index (κ1) is 13.9. The quantitative estimate of drug-likeness (QED) is 0.732. The molecule has 0 amide bonds. The van der Waals surface area contributed by atoms with E-state index in [1.54, 1.807) is 24.3 Å². The van der Waals surface area contributed by atoms with E-state index in [0.29, 0.717) is 12.4 Å². The zero-order valence-corrected chi connectivity index (χ0v) is 11.3. The van der Waals surface area contributed by atoms with E-state index in [0.717, 1.165) is 18.9 Å². The Morgan fingerprint density at radius 2 is 2.26 bits per heavy atom. The number of benzene rings is 1. The van der Waals surface area contributed by atoms with Crippen molar-refractivity contribution in [3.05, 3.63) is 29.8 Å². The first-order valence-corrected chi connectivity index (χ1v) is 6.80. The number of carboxylic acids is 1. The highest BCUT2D eigenvalue weighted by Crippen LogP contribution is 2.29. The monoisotopic (exact) mass is 263 g/mol. The highest BCUT2D eigenvalue weighted by molar-refractivity contribution is 5.87. The summed E-state index contributed by atoms with van der Waals surface area (Å²) in [5.74, 6) is 0.623. The minimum atomic E-state index is -0.922. The molecule has 0 bridgehead atoms. The average molecular weight is 263 g/mol. The van der Waals surface area contributed by atoms with E-state index >= 15 is 0 Å². The summed E-state index contributed by atoms with van der Waals surface area (Å²) in [4.78, 5) is 13.2. The second-order valence-corrected chi connectivity index (χ2v) is 5.24. The third kappa shape index (κ3) is 4.91. The van der Waals surface area contributed by atoms with Crippen LogP contribution in [0.1, 0.15) is 29.6 Å². The predicted octanol–water partition coefficient (Wildman–Crippen LogP) is 2.50. The maximum atomic E-state index is 10.8. The number of aromatic carboxylic acids is 1. The highest BCUT2D eigenvalue weighted by atomic mass is 16.5. The zero-order valence-electron chi connectivity index (χ0n) is 11.3. The third-order valence-corrected chi connectivity index (χ3v) is 3.30. The summed E-state index contributed by atoms with van der Waals surface area (Å²) in [5.41, 5.74) is 0.267. The minimum absolute atomic E-state index is 0.267. The van der Waals surface area contributed by atoms with Crippen LogP contribution in [0, 0.1) is 5.92 Å². The van der Waals surface area contributed by atoms with Crippen molar-refractivity contribution >= 4 is 5.97 Å². The molecule has 1 aromatic carbocycles. The summed E-state index contributed by atoms with van der Waals surface area (Å²) >= 11 is 0. The molecule has 1 aliphatic carbocycles. The van der Waals surface area contributed by atoms with Gasteiger partial charge in [-0.3, -0.25) is 0 Å². The summed E-state index contributed by atoms with van der Waals surface area (Å²) in [5, 5.41) is 8.88. The molecule has 0 atom stereocenters. The maximum Gasteiger partial charge on any atom is 0.335 e. The van der Waals surface area contributed by atoms with E-state index < -0.39 is 5.97 Å². The van der Waals surface area contributed by atoms with E-state index in [9.17, 15) is 4.79 Å². The van der Waals surface area contributed by atoms with Crippen molar-refractivity contribution < 1.29 is 14.6 Å². The smallest absolute Gasteiger partial charge is 0.335 e. The lowest BCUT2D eigenvalue weighted by Crippen LogP contribution is -2.23. The van der Waals surface area contributed by atoms with Gasteiger partial charge in [0.2, 0.25) is 0 Å². The summed E-state index contributed by atoms with van der Waals surface area (Å²) in [6.45, 7) is 2.84. The molecule has 0 saturated heterocycles. The summed E-state index contributed by atoms with van der Waals surface area (Å²) < 4.78 is 5.58. The molecular weight excluding hydrogens is 242 g/mol. The fraction of sp³-hybridized carbons (Fsp3) is 0.533. The molecule has 0 heterocycles. The van der Waals surface area contributed by atoms with Gasteiger partial charge in [-0.25, -0.2) is 4.79 Å². The largest absolute Gasteiger partial charge is 0.494 e. The second-order valence-electron chi connectivity index (χ2n) is 5.24. The van der Waals surface area contributed by atoms with Crippen LogP contribution >= 0.6 is 0 Å². The molecule has 0 aliphatic heterocycles. The Labute approximate surface area is 114 Å². The van der Waals surface area contributed by atoms with Gasteiger partial charge in [0.25, 0.3) is 0 Å². The molecule has 1 aliphatic rings. The van der Waals surface area contributed by atoms with Gasteiger partial charge in [-0.05, 0) is 50.4 Å². The van der Waals surface area contributed by atoms with Gasteiger partial charge in [-0.1, -0.05) is 6.07 Å². The Bertz CT molecular complexity index is 429. The Kier molecular flexibility index (Phi) is 4.80. The fourth-order valence-corrected chi connectivity index (χ4v) is 2.08. The predicted molar refractivity (Wildman–Crippen MR) is 73.7 cm³/mol.